The first-order valence-corrected chi connectivity index (χ1v) is 9.46. The molecule has 23 heavy (non-hydrogen) atoms. The number of rotatable bonds is 7. The Bertz CT molecular complexity index is 458. The number of oxazole rings is 1. The largest absolute Gasteiger partial charge is 0.442 e. The highest BCUT2D eigenvalue weighted by molar-refractivity contribution is 5.91. The Morgan fingerprint density at radius 1 is 1.13 bits per heavy atom. The number of nitrogens with zero attached hydrogens (tertiary/aromatic N) is 2. The van der Waals surface area contributed by atoms with Crippen molar-refractivity contribution in [2.75, 3.05) is 19.6 Å². The third-order valence-electron chi connectivity index (χ3n) is 5.64. The first-order valence-electron chi connectivity index (χ1n) is 9.46. The second-order valence-electron chi connectivity index (χ2n) is 7.40. The van der Waals surface area contributed by atoms with E-state index >= 15 is 0 Å². The van der Waals surface area contributed by atoms with Crippen LogP contribution in [0.25, 0.3) is 0 Å². The summed E-state index contributed by atoms with van der Waals surface area (Å²) in [4.78, 5) is 18.5. The van der Waals surface area contributed by atoms with Crippen LogP contribution in [0.2, 0.25) is 0 Å². The fraction of sp³-hybridized carbons (Fsp3) is 0.789. The molecular formula is C19H30N2O2. The number of hydrogen-bond acceptors (Lipinski definition) is 4. The molecule has 1 aromatic rings. The quantitative estimate of drug-likeness (QED) is 0.702. The Morgan fingerprint density at radius 3 is 2.61 bits per heavy atom. The van der Waals surface area contributed by atoms with E-state index in [9.17, 15) is 4.79 Å². The second-order valence-corrected chi connectivity index (χ2v) is 7.40. The number of carbonyl (C=O) groups excluding carboxylic acids is 1. The molecule has 4 nitrogen and oxygen atoms in total. The fourth-order valence-corrected chi connectivity index (χ4v) is 4.21. The van der Waals surface area contributed by atoms with Gasteiger partial charge in [0, 0.05) is 13.0 Å². The first kappa shape index (κ1) is 16.7. The van der Waals surface area contributed by atoms with E-state index in [0.717, 1.165) is 18.3 Å². The molecule has 3 rings (SSSR count). The molecule has 2 aliphatic rings. The number of ketones is 1. The van der Waals surface area contributed by atoms with Crippen LogP contribution in [0.15, 0.2) is 16.9 Å². The number of aromatic nitrogens is 1. The van der Waals surface area contributed by atoms with Crippen molar-refractivity contribution in [3.63, 3.8) is 0 Å². The van der Waals surface area contributed by atoms with Gasteiger partial charge in [-0.3, -0.25) is 4.79 Å². The summed E-state index contributed by atoms with van der Waals surface area (Å²) in [5, 5.41) is 0. The van der Waals surface area contributed by atoms with E-state index in [1.165, 1.54) is 83.5 Å². The summed E-state index contributed by atoms with van der Waals surface area (Å²) in [6.07, 6.45) is 15.6. The molecule has 2 heterocycles. The molecule has 2 fully saturated rings. The Balaban J connectivity index is 1.29. The van der Waals surface area contributed by atoms with E-state index in [0.29, 0.717) is 6.42 Å². The smallest absolute Gasteiger partial charge is 0.263 e. The van der Waals surface area contributed by atoms with E-state index in [-0.39, 0.29) is 11.7 Å². The van der Waals surface area contributed by atoms with Crippen LogP contribution in [0.5, 0.6) is 0 Å². The van der Waals surface area contributed by atoms with Crippen LogP contribution in [0.1, 0.15) is 74.9 Å². The number of hydrogen-bond donors (Lipinski definition) is 0. The summed E-state index contributed by atoms with van der Waals surface area (Å²) in [6.45, 7) is 3.85. The highest BCUT2D eigenvalue weighted by atomic mass is 16.3. The van der Waals surface area contributed by atoms with E-state index < -0.39 is 0 Å². The highest BCUT2D eigenvalue weighted by Crippen LogP contribution is 2.28. The van der Waals surface area contributed by atoms with Crippen LogP contribution in [0.4, 0.5) is 0 Å². The Labute approximate surface area is 139 Å². The summed E-state index contributed by atoms with van der Waals surface area (Å²) in [7, 11) is 0. The number of likely N-dealkylation sites (tertiary alicyclic amines) is 1. The molecule has 1 aliphatic heterocycles. The van der Waals surface area contributed by atoms with Crippen LogP contribution in [-0.2, 0) is 0 Å². The molecule has 0 N–H and O–H groups in total. The maximum atomic E-state index is 11.9. The van der Waals surface area contributed by atoms with Crippen molar-refractivity contribution in [1.82, 2.24) is 9.88 Å². The van der Waals surface area contributed by atoms with Gasteiger partial charge in [0.25, 0.3) is 5.89 Å². The SMILES string of the molecule is O=C(CCCC1CCN(CC2CCCCC2)CC1)c1ncco1. The number of Topliss-reactive ketones (excluding diaryl/α,β-unsaturated/α-hetero) is 1. The molecule has 4 heteroatoms. The molecule has 0 spiro atoms. The molecule has 1 saturated carbocycles. The molecule has 128 valence electrons. The van der Waals surface area contributed by atoms with Gasteiger partial charge >= 0.3 is 0 Å². The molecule has 1 aliphatic carbocycles. The second kappa shape index (κ2) is 8.62. The molecule has 0 amide bonds. The third kappa shape index (κ3) is 5.17. The topological polar surface area (TPSA) is 46.3 Å². The van der Waals surface area contributed by atoms with E-state index in [4.69, 9.17) is 4.42 Å². The van der Waals surface area contributed by atoms with E-state index in [2.05, 4.69) is 9.88 Å². The average molecular weight is 318 g/mol. The van der Waals surface area contributed by atoms with Gasteiger partial charge in [-0.15, -0.1) is 0 Å². The predicted octanol–water partition coefficient (Wildman–Crippen LogP) is 4.32. The van der Waals surface area contributed by atoms with Gasteiger partial charge in [0.1, 0.15) is 6.26 Å². The maximum Gasteiger partial charge on any atom is 0.263 e. The lowest BCUT2D eigenvalue weighted by Gasteiger charge is -2.35. The zero-order chi connectivity index (χ0) is 15.9. The molecule has 0 bridgehead atoms. The van der Waals surface area contributed by atoms with E-state index in [1.807, 2.05) is 0 Å². The van der Waals surface area contributed by atoms with Gasteiger partial charge in [-0.2, -0.15) is 0 Å². The number of carbonyl (C=O) groups is 1. The summed E-state index contributed by atoms with van der Waals surface area (Å²) in [5.74, 6) is 2.07. The fourth-order valence-electron chi connectivity index (χ4n) is 4.21. The van der Waals surface area contributed by atoms with Crippen molar-refractivity contribution < 1.29 is 9.21 Å². The summed E-state index contributed by atoms with van der Waals surface area (Å²) in [5.41, 5.74) is 0. The lowest BCUT2D eigenvalue weighted by Crippen LogP contribution is -2.37. The Kier molecular flexibility index (Phi) is 6.26. The van der Waals surface area contributed by atoms with Gasteiger partial charge in [-0.05, 0) is 63.5 Å². The monoisotopic (exact) mass is 318 g/mol. The maximum absolute atomic E-state index is 11.9. The molecule has 0 radical (unpaired) electrons. The van der Waals surface area contributed by atoms with Crippen LogP contribution in [0.3, 0.4) is 0 Å². The lowest BCUT2D eigenvalue weighted by atomic mass is 9.87. The van der Waals surface area contributed by atoms with Gasteiger partial charge < -0.3 is 9.32 Å². The van der Waals surface area contributed by atoms with Crippen LogP contribution in [0, 0.1) is 11.8 Å². The van der Waals surface area contributed by atoms with Crippen molar-refractivity contribution in [1.29, 1.82) is 0 Å². The minimum Gasteiger partial charge on any atom is -0.442 e. The summed E-state index contributed by atoms with van der Waals surface area (Å²) < 4.78 is 5.06. The minimum absolute atomic E-state index is 0.0461. The van der Waals surface area contributed by atoms with Gasteiger partial charge in [0.05, 0.1) is 6.20 Å². The highest BCUT2D eigenvalue weighted by Gasteiger charge is 2.23. The van der Waals surface area contributed by atoms with Crippen molar-refractivity contribution in [2.45, 2.75) is 64.2 Å². The standard InChI is InChI=1S/C19H30N2O2/c22-18(19-20-11-14-23-19)8-4-7-16-9-12-21(13-10-16)15-17-5-2-1-3-6-17/h11,14,16-17H,1-10,12-13,15H2. The number of piperidine rings is 1. The van der Waals surface area contributed by atoms with Crippen LogP contribution in [-0.4, -0.2) is 35.3 Å². The normalized spacial score (nSPS) is 21.6. The minimum atomic E-state index is 0.0461. The lowest BCUT2D eigenvalue weighted by molar-refractivity contribution is 0.0939. The molecule has 1 saturated heterocycles. The molecule has 0 unspecified atom stereocenters. The molecule has 0 aromatic carbocycles. The van der Waals surface area contributed by atoms with E-state index in [1.54, 1.807) is 0 Å². The molecule has 1 aromatic heterocycles. The zero-order valence-electron chi connectivity index (χ0n) is 14.2. The predicted molar refractivity (Wildman–Crippen MR) is 90.4 cm³/mol. The van der Waals surface area contributed by atoms with Crippen molar-refractivity contribution in [2.24, 2.45) is 11.8 Å². The first-order chi connectivity index (χ1) is 11.3. The van der Waals surface area contributed by atoms with Gasteiger partial charge in [0.2, 0.25) is 5.78 Å². The average Bonchev–Trinajstić information content (AvgIpc) is 3.12. The Hall–Kier alpha value is -1.16. The Morgan fingerprint density at radius 2 is 1.91 bits per heavy atom. The molecular weight excluding hydrogens is 288 g/mol. The van der Waals surface area contributed by atoms with Crippen molar-refractivity contribution >= 4 is 5.78 Å². The summed E-state index contributed by atoms with van der Waals surface area (Å²) >= 11 is 0. The zero-order valence-corrected chi connectivity index (χ0v) is 14.2. The van der Waals surface area contributed by atoms with Crippen molar-refractivity contribution in [3.05, 3.63) is 18.4 Å². The van der Waals surface area contributed by atoms with Crippen molar-refractivity contribution in [3.8, 4) is 0 Å². The van der Waals surface area contributed by atoms with Gasteiger partial charge in [-0.1, -0.05) is 19.3 Å². The molecule has 0 atom stereocenters. The van der Waals surface area contributed by atoms with Gasteiger partial charge in [0.15, 0.2) is 0 Å². The van der Waals surface area contributed by atoms with Crippen LogP contribution >= 0.6 is 0 Å². The summed E-state index contributed by atoms with van der Waals surface area (Å²) in [6, 6.07) is 0. The third-order valence-corrected chi connectivity index (χ3v) is 5.64. The van der Waals surface area contributed by atoms with Gasteiger partial charge in [-0.25, -0.2) is 4.98 Å². The van der Waals surface area contributed by atoms with Crippen LogP contribution < -0.4 is 0 Å².